The van der Waals surface area contributed by atoms with Gasteiger partial charge in [0.05, 0.1) is 12.2 Å². The Morgan fingerprint density at radius 2 is 2.07 bits per heavy atom. The van der Waals surface area contributed by atoms with E-state index in [1.165, 1.54) is 17.4 Å². The molecule has 2 atom stereocenters. The molecule has 1 N–H and O–H groups in total. The van der Waals surface area contributed by atoms with Crippen LogP contribution in [0.25, 0.3) is 0 Å². The van der Waals surface area contributed by atoms with Crippen LogP contribution in [0, 0.1) is 0 Å². The monoisotopic (exact) mass is 463 g/mol. The van der Waals surface area contributed by atoms with Crippen molar-refractivity contribution in [2.75, 3.05) is 12.0 Å². The minimum absolute atomic E-state index is 0.133. The molecule has 1 aliphatic carbocycles. The number of halogens is 1. The quantitative estimate of drug-likeness (QED) is 0.516. The molecule has 1 amide bonds. The molecule has 6 nitrogen and oxygen atoms in total. The molecule has 4 rings (SSSR count). The Bertz CT molecular complexity index is 916. The molecule has 2 aromatic rings. The second-order valence-electron chi connectivity index (χ2n) is 7.13. The third-order valence-electron chi connectivity index (χ3n) is 5.18. The van der Waals surface area contributed by atoms with Gasteiger partial charge in [-0.1, -0.05) is 28.8 Å². The van der Waals surface area contributed by atoms with Crippen LogP contribution in [0.15, 0.2) is 44.9 Å². The normalized spacial score (nSPS) is 20.3. The first-order chi connectivity index (χ1) is 13.6. The summed E-state index contributed by atoms with van der Waals surface area (Å²) in [6.45, 7) is 0.437. The maximum atomic E-state index is 12.9. The third-order valence-corrected chi connectivity index (χ3v) is 7.13. The van der Waals surface area contributed by atoms with E-state index in [4.69, 9.17) is 4.74 Å². The van der Waals surface area contributed by atoms with E-state index < -0.39 is 0 Å². The Hall–Kier alpha value is -1.80. The summed E-state index contributed by atoms with van der Waals surface area (Å²) in [5.41, 5.74) is 3.33. The predicted octanol–water partition coefficient (Wildman–Crippen LogP) is 4.07. The van der Waals surface area contributed by atoms with Crippen molar-refractivity contribution < 1.29 is 9.53 Å². The second kappa shape index (κ2) is 8.69. The zero-order valence-corrected chi connectivity index (χ0v) is 17.8. The summed E-state index contributed by atoms with van der Waals surface area (Å²) in [6.07, 6.45) is 6.82. The average molecular weight is 464 g/mol. The largest absolute Gasteiger partial charge is 0.494 e. The molecular formula is C20H22BrN3O3S. The number of amides is 1. The number of rotatable bonds is 6. The van der Waals surface area contributed by atoms with Crippen LogP contribution in [-0.4, -0.2) is 27.4 Å². The molecule has 0 spiro atoms. The lowest BCUT2D eigenvalue weighted by Gasteiger charge is -2.23. The molecule has 0 radical (unpaired) electrons. The molecular weight excluding hydrogens is 442 g/mol. The van der Waals surface area contributed by atoms with Crippen molar-refractivity contribution in [1.29, 1.82) is 0 Å². The first-order valence-electron chi connectivity index (χ1n) is 9.58. The Labute approximate surface area is 176 Å². The maximum Gasteiger partial charge on any atom is 0.276 e. The van der Waals surface area contributed by atoms with Crippen LogP contribution in [0.3, 0.4) is 0 Å². The van der Waals surface area contributed by atoms with Crippen molar-refractivity contribution in [3.05, 3.63) is 51.0 Å². The van der Waals surface area contributed by atoms with E-state index in [0.717, 1.165) is 40.1 Å². The van der Waals surface area contributed by atoms with E-state index in [9.17, 15) is 9.59 Å². The highest BCUT2D eigenvalue weighted by Gasteiger charge is 2.38. The molecule has 148 valence electrons. The van der Waals surface area contributed by atoms with E-state index in [1.807, 2.05) is 24.3 Å². The Morgan fingerprint density at radius 3 is 2.89 bits per heavy atom. The highest BCUT2D eigenvalue weighted by molar-refractivity contribution is 9.10. The van der Waals surface area contributed by atoms with Crippen molar-refractivity contribution in [3.63, 3.8) is 0 Å². The summed E-state index contributed by atoms with van der Waals surface area (Å²) in [5, 5.41) is 1.31. The Kier molecular flexibility index (Phi) is 6.06. The number of hydrogen-bond acceptors (Lipinski definition) is 5. The Balaban J connectivity index is 1.31. The zero-order valence-electron chi connectivity index (χ0n) is 15.4. The summed E-state index contributed by atoms with van der Waals surface area (Å²) >= 11 is 5.10. The molecule has 1 aromatic heterocycles. The van der Waals surface area contributed by atoms with Gasteiger partial charge in [-0.15, -0.1) is 11.8 Å². The van der Waals surface area contributed by atoms with Gasteiger partial charge in [0.15, 0.2) is 0 Å². The van der Waals surface area contributed by atoms with Crippen molar-refractivity contribution in [2.24, 2.45) is 0 Å². The van der Waals surface area contributed by atoms with Gasteiger partial charge in [-0.2, -0.15) is 0 Å². The molecule has 2 aliphatic rings. The van der Waals surface area contributed by atoms with Gasteiger partial charge in [0, 0.05) is 22.1 Å². The molecule has 0 bridgehead atoms. The number of nitrogens with one attached hydrogen (secondary N) is 1. The minimum atomic E-state index is -0.214. The van der Waals surface area contributed by atoms with Crippen molar-refractivity contribution in [3.8, 4) is 5.75 Å². The first-order valence-corrected chi connectivity index (χ1v) is 11.3. The standard InChI is InChI=1S/C20H22BrN3O3S/c21-13-7-9-14(10-8-13)27-11-3-6-17(25)23-24-12-22-19-18(20(24)26)15-4-1-2-5-16(15)28-19/h7-10,12,15-16H,1-6,11H2,(H,23,25). The molecule has 28 heavy (non-hydrogen) atoms. The molecule has 8 heteroatoms. The summed E-state index contributed by atoms with van der Waals surface area (Å²) in [6, 6.07) is 7.56. The number of fused-ring (bicyclic) bond motifs is 3. The molecule has 1 saturated carbocycles. The van der Waals surface area contributed by atoms with Gasteiger partial charge in [0.1, 0.15) is 17.1 Å². The number of benzene rings is 1. The van der Waals surface area contributed by atoms with Crippen molar-refractivity contribution >= 4 is 33.6 Å². The fraction of sp³-hybridized carbons (Fsp3) is 0.450. The van der Waals surface area contributed by atoms with Gasteiger partial charge in [0.2, 0.25) is 5.91 Å². The summed E-state index contributed by atoms with van der Waals surface area (Å²) in [4.78, 5) is 29.5. The summed E-state index contributed by atoms with van der Waals surface area (Å²) < 4.78 is 7.86. The van der Waals surface area contributed by atoms with Crippen LogP contribution in [-0.2, 0) is 4.79 Å². The van der Waals surface area contributed by atoms with E-state index in [-0.39, 0.29) is 23.8 Å². The number of carbonyl (C=O) groups excluding carboxylic acids is 1. The average Bonchev–Trinajstić information content (AvgIpc) is 3.08. The fourth-order valence-electron chi connectivity index (χ4n) is 3.80. The maximum absolute atomic E-state index is 12.9. The van der Waals surface area contributed by atoms with E-state index in [0.29, 0.717) is 18.3 Å². The first kappa shape index (κ1) is 19.5. The number of ether oxygens (including phenoxy) is 1. The van der Waals surface area contributed by atoms with Gasteiger partial charge >= 0.3 is 0 Å². The van der Waals surface area contributed by atoms with Gasteiger partial charge in [-0.3, -0.25) is 15.0 Å². The highest BCUT2D eigenvalue weighted by atomic mass is 79.9. The van der Waals surface area contributed by atoms with Crippen LogP contribution in [0.1, 0.15) is 50.0 Å². The highest BCUT2D eigenvalue weighted by Crippen LogP contribution is 2.49. The van der Waals surface area contributed by atoms with Crippen molar-refractivity contribution in [1.82, 2.24) is 9.66 Å². The smallest absolute Gasteiger partial charge is 0.276 e. The molecule has 1 fully saturated rings. The van der Waals surface area contributed by atoms with Gasteiger partial charge in [0.25, 0.3) is 5.56 Å². The van der Waals surface area contributed by atoms with Crippen LogP contribution < -0.4 is 15.7 Å². The third kappa shape index (κ3) is 4.27. The zero-order chi connectivity index (χ0) is 19.5. The molecule has 1 aromatic carbocycles. The molecule has 0 saturated heterocycles. The van der Waals surface area contributed by atoms with Crippen molar-refractivity contribution in [2.45, 2.75) is 54.7 Å². The lowest BCUT2D eigenvalue weighted by molar-refractivity contribution is -0.117. The number of aromatic nitrogens is 2. The van der Waals surface area contributed by atoms with Crippen LogP contribution in [0.2, 0.25) is 0 Å². The molecule has 1 aliphatic heterocycles. The van der Waals surface area contributed by atoms with E-state index in [1.54, 1.807) is 11.8 Å². The number of hydrogen-bond donors (Lipinski definition) is 1. The minimum Gasteiger partial charge on any atom is -0.494 e. The van der Waals surface area contributed by atoms with Crippen LogP contribution >= 0.6 is 27.7 Å². The van der Waals surface area contributed by atoms with Crippen LogP contribution in [0.4, 0.5) is 0 Å². The van der Waals surface area contributed by atoms with Gasteiger partial charge in [-0.25, -0.2) is 9.66 Å². The second-order valence-corrected chi connectivity index (χ2v) is 9.27. The summed E-state index contributed by atoms with van der Waals surface area (Å²) in [7, 11) is 0. The fourth-order valence-corrected chi connectivity index (χ4v) is 5.55. The summed E-state index contributed by atoms with van der Waals surface area (Å²) in [5.74, 6) is 0.827. The van der Waals surface area contributed by atoms with E-state index >= 15 is 0 Å². The molecule has 2 heterocycles. The lowest BCUT2D eigenvalue weighted by atomic mass is 9.85. The lowest BCUT2D eigenvalue weighted by Crippen LogP contribution is -2.36. The predicted molar refractivity (Wildman–Crippen MR) is 113 cm³/mol. The van der Waals surface area contributed by atoms with E-state index in [2.05, 4.69) is 26.3 Å². The van der Waals surface area contributed by atoms with Gasteiger partial charge in [-0.05, 0) is 43.5 Å². The van der Waals surface area contributed by atoms with Crippen LogP contribution in [0.5, 0.6) is 5.75 Å². The number of thioether (sulfide) groups is 1. The Morgan fingerprint density at radius 1 is 1.29 bits per heavy atom. The molecule has 2 unspecified atom stereocenters. The topological polar surface area (TPSA) is 73.2 Å². The SMILES string of the molecule is O=C(CCCOc1ccc(Br)cc1)Nn1cnc2c(c1=O)C1CCCCC1S2. The number of nitrogens with zero attached hydrogens (tertiary/aromatic N) is 2. The number of carbonyl (C=O) groups is 1. The van der Waals surface area contributed by atoms with Gasteiger partial charge < -0.3 is 4.74 Å².